The number of amides is 1. The first-order valence-corrected chi connectivity index (χ1v) is 8.81. The molecular formula is C19H21N5O2. The number of ether oxygens (including phenoxy) is 1. The van der Waals surface area contributed by atoms with Crippen LogP contribution in [0.3, 0.4) is 0 Å². The van der Waals surface area contributed by atoms with Gasteiger partial charge in [-0.15, -0.1) is 0 Å². The van der Waals surface area contributed by atoms with E-state index in [0.29, 0.717) is 37.5 Å². The molecule has 1 N–H and O–H groups in total. The zero-order chi connectivity index (χ0) is 17.8. The lowest BCUT2D eigenvalue weighted by Gasteiger charge is -2.29. The molecule has 1 aliphatic heterocycles. The molecule has 7 heteroatoms. The van der Waals surface area contributed by atoms with Crippen LogP contribution in [0.5, 0.6) is 0 Å². The predicted octanol–water partition coefficient (Wildman–Crippen LogP) is 2.14. The van der Waals surface area contributed by atoms with Gasteiger partial charge in [0.25, 0.3) is 0 Å². The number of rotatable bonds is 5. The number of hydrogen-bond donors (Lipinski definition) is 1. The SMILES string of the molecule is O=C(CCc1ccccc1)Nc1cc(N2CCOCC2)n2nccc2n1. The summed E-state index contributed by atoms with van der Waals surface area (Å²) in [5.41, 5.74) is 1.86. The number of morpholine rings is 1. The van der Waals surface area contributed by atoms with Crippen molar-refractivity contribution in [3.05, 3.63) is 54.2 Å². The number of aryl methyl sites for hydroxylation is 1. The number of carbonyl (C=O) groups is 1. The zero-order valence-electron chi connectivity index (χ0n) is 14.5. The fourth-order valence-electron chi connectivity index (χ4n) is 3.09. The quantitative estimate of drug-likeness (QED) is 0.762. The standard InChI is InChI=1S/C19H21N5O2/c25-18(7-6-15-4-2-1-3-5-15)22-16-14-19(23-10-12-26-13-11-23)24-17(21-16)8-9-20-24/h1-5,8-9,14H,6-7,10-13H2,(H,21,22,25). The Bertz CT molecular complexity index is 887. The first-order valence-electron chi connectivity index (χ1n) is 8.81. The van der Waals surface area contributed by atoms with E-state index in [0.717, 1.165) is 24.5 Å². The van der Waals surface area contributed by atoms with Crippen molar-refractivity contribution in [2.24, 2.45) is 0 Å². The first-order chi connectivity index (χ1) is 12.8. The van der Waals surface area contributed by atoms with E-state index in [2.05, 4.69) is 20.3 Å². The topological polar surface area (TPSA) is 71.8 Å². The van der Waals surface area contributed by atoms with E-state index in [1.807, 2.05) is 42.5 Å². The third-order valence-electron chi connectivity index (χ3n) is 4.43. The molecule has 1 fully saturated rings. The number of aromatic nitrogens is 3. The Morgan fingerprint density at radius 3 is 2.77 bits per heavy atom. The summed E-state index contributed by atoms with van der Waals surface area (Å²) in [4.78, 5) is 19.0. The lowest BCUT2D eigenvalue weighted by molar-refractivity contribution is -0.116. The van der Waals surface area contributed by atoms with Crippen molar-refractivity contribution >= 4 is 23.2 Å². The molecule has 1 aliphatic rings. The summed E-state index contributed by atoms with van der Waals surface area (Å²) in [7, 11) is 0. The van der Waals surface area contributed by atoms with Gasteiger partial charge in [0.1, 0.15) is 11.6 Å². The fraction of sp³-hybridized carbons (Fsp3) is 0.316. The summed E-state index contributed by atoms with van der Waals surface area (Å²) in [6.07, 6.45) is 2.84. The fourth-order valence-corrected chi connectivity index (χ4v) is 3.09. The second-order valence-electron chi connectivity index (χ2n) is 6.23. The molecule has 0 atom stereocenters. The van der Waals surface area contributed by atoms with E-state index in [1.165, 1.54) is 0 Å². The smallest absolute Gasteiger partial charge is 0.225 e. The summed E-state index contributed by atoms with van der Waals surface area (Å²) in [6.45, 7) is 2.95. The molecule has 0 unspecified atom stereocenters. The van der Waals surface area contributed by atoms with Gasteiger partial charge in [-0.2, -0.15) is 9.61 Å². The van der Waals surface area contributed by atoms with Gasteiger partial charge in [-0.25, -0.2) is 4.98 Å². The van der Waals surface area contributed by atoms with Crippen molar-refractivity contribution in [3.63, 3.8) is 0 Å². The van der Waals surface area contributed by atoms with Crippen LogP contribution in [0.1, 0.15) is 12.0 Å². The predicted molar refractivity (Wildman–Crippen MR) is 99.4 cm³/mol. The zero-order valence-corrected chi connectivity index (χ0v) is 14.5. The highest BCUT2D eigenvalue weighted by Gasteiger charge is 2.17. The van der Waals surface area contributed by atoms with Gasteiger partial charge in [0.05, 0.1) is 19.4 Å². The van der Waals surface area contributed by atoms with E-state index in [-0.39, 0.29) is 5.91 Å². The average molecular weight is 351 g/mol. The van der Waals surface area contributed by atoms with Crippen molar-refractivity contribution in [1.82, 2.24) is 14.6 Å². The van der Waals surface area contributed by atoms with Crippen LogP contribution in [0.25, 0.3) is 5.65 Å². The Morgan fingerprint density at radius 2 is 1.96 bits per heavy atom. The Balaban J connectivity index is 1.50. The summed E-state index contributed by atoms with van der Waals surface area (Å²) in [5, 5.41) is 7.27. The van der Waals surface area contributed by atoms with Crippen LogP contribution in [-0.2, 0) is 16.0 Å². The monoisotopic (exact) mass is 351 g/mol. The van der Waals surface area contributed by atoms with Gasteiger partial charge in [-0.3, -0.25) is 4.79 Å². The Morgan fingerprint density at radius 1 is 1.15 bits per heavy atom. The van der Waals surface area contributed by atoms with Crippen molar-refractivity contribution in [2.75, 3.05) is 36.5 Å². The van der Waals surface area contributed by atoms with Gasteiger partial charge in [0.2, 0.25) is 5.91 Å². The largest absolute Gasteiger partial charge is 0.378 e. The average Bonchev–Trinajstić information content (AvgIpc) is 3.16. The van der Waals surface area contributed by atoms with Crippen LogP contribution < -0.4 is 10.2 Å². The summed E-state index contributed by atoms with van der Waals surface area (Å²) >= 11 is 0. The maximum absolute atomic E-state index is 12.3. The number of anilines is 2. The van der Waals surface area contributed by atoms with Gasteiger partial charge >= 0.3 is 0 Å². The highest BCUT2D eigenvalue weighted by Crippen LogP contribution is 2.21. The minimum absolute atomic E-state index is 0.0434. The van der Waals surface area contributed by atoms with E-state index in [9.17, 15) is 4.79 Å². The number of benzene rings is 1. The summed E-state index contributed by atoms with van der Waals surface area (Å²) in [6, 6.07) is 13.7. The maximum atomic E-state index is 12.3. The molecule has 3 heterocycles. The van der Waals surface area contributed by atoms with Crippen LogP contribution in [0.2, 0.25) is 0 Å². The van der Waals surface area contributed by atoms with Gasteiger partial charge in [0.15, 0.2) is 5.65 Å². The highest BCUT2D eigenvalue weighted by atomic mass is 16.5. The highest BCUT2D eigenvalue weighted by molar-refractivity contribution is 5.90. The molecule has 2 aromatic heterocycles. The molecule has 1 aromatic carbocycles. The number of carbonyl (C=O) groups excluding carboxylic acids is 1. The second-order valence-corrected chi connectivity index (χ2v) is 6.23. The van der Waals surface area contributed by atoms with Crippen LogP contribution in [0, 0.1) is 0 Å². The van der Waals surface area contributed by atoms with E-state index in [4.69, 9.17) is 4.74 Å². The molecule has 4 rings (SSSR count). The van der Waals surface area contributed by atoms with Crippen LogP contribution >= 0.6 is 0 Å². The molecule has 0 bridgehead atoms. The number of nitrogens with one attached hydrogen (secondary N) is 1. The van der Waals surface area contributed by atoms with E-state index >= 15 is 0 Å². The van der Waals surface area contributed by atoms with E-state index < -0.39 is 0 Å². The minimum atomic E-state index is -0.0434. The first kappa shape index (κ1) is 16.5. The Labute approximate surface area is 151 Å². The molecule has 0 saturated carbocycles. The molecule has 26 heavy (non-hydrogen) atoms. The number of fused-ring (bicyclic) bond motifs is 1. The van der Waals surface area contributed by atoms with Gasteiger partial charge in [0, 0.05) is 31.6 Å². The van der Waals surface area contributed by atoms with Gasteiger partial charge < -0.3 is 15.0 Å². The van der Waals surface area contributed by atoms with Crippen LogP contribution in [0.15, 0.2) is 48.7 Å². The van der Waals surface area contributed by atoms with E-state index in [1.54, 1.807) is 10.7 Å². The normalized spacial score (nSPS) is 14.5. The van der Waals surface area contributed by atoms with Crippen molar-refractivity contribution in [1.29, 1.82) is 0 Å². The molecule has 0 spiro atoms. The molecule has 3 aromatic rings. The number of nitrogens with zero attached hydrogens (tertiary/aromatic N) is 4. The molecule has 1 saturated heterocycles. The van der Waals surface area contributed by atoms with Crippen molar-refractivity contribution in [3.8, 4) is 0 Å². The Kier molecular flexibility index (Phi) is 4.79. The molecule has 0 radical (unpaired) electrons. The molecule has 7 nitrogen and oxygen atoms in total. The van der Waals surface area contributed by atoms with Crippen molar-refractivity contribution in [2.45, 2.75) is 12.8 Å². The van der Waals surface area contributed by atoms with Crippen LogP contribution in [0.4, 0.5) is 11.6 Å². The molecular weight excluding hydrogens is 330 g/mol. The third-order valence-corrected chi connectivity index (χ3v) is 4.43. The summed E-state index contributed by atoms with van der Waals surface area (Å²) < 4.78 is 7.22. The lowest BCUT2D eigenvalue weighted by atomic mass is 10.1. The number of hydrogen-bond acceptors (Lipinski definition) is 5. The molecule has 0 aliphatic carbocycles. The Hall–Kier alpha value is -2.93. The summed E-state index contributed by atoms with van der Waals surface area (Å²) in [5.74, 6) is 1.43. The van der Waals surface area contributed by atoms with Crippen LogP contribution in [-0.4, -0.2) is 46.8 Å². The second kappa shape index (κ2) is 7.53. The molecule has 134 valence electrons. The van der Waals surface area contributed by atoms with Gasteiger partial charge in [-0.1, -0.05) is 30.3 Å². The maximum Gasteiger partial charge on any atom is 0.225 e. The molecule has 1 amide bonds. The van der Waals surface area contributed by atoms with Gasteiger partial charge in [-0.05, 0) is 12.0 Å². The lowest BCUT2D eigenvalue weighted by Crippen LogP contribution is -2.37. The third kappa shape index (κ3) is 3.67. The van der Waals surface area contributed by atoms with Crippen molar-refractivity contribution < 1.29 is 9.53 Å². The minimum Gasteiger partial charge on any atom is -0.378 e.